The third-order valence-electron chi connectivity index (χ3n) is 3.61. The Hall–Kier alpha value is -1.42. The van der Waals surface area contributed by atoms with Crippen molar-refractivity contribution in [1.29, 1.82) is 0 Å². The zero-order valence-corrected chi connectivity index (χ0v) is 12.4. The van der Waals surface area contributed by atoms with Crippen LogP contribution < -0.4 is 0 Å². The van der Waals surface area contributed by atoms with Crippen molar-refractivity contribution in [3.8, 4) is 0 Å². The standard InChI is InChI=1S/C16H24N2O2/c1-13(2)20-15-7-10-18(11-8-15)16(19)6-5-14-4-3-9-17-12-14/h3-4,9,12-13,15H,5-8,10-11H2,1-2H3. The van der Waals surface area contributed by atoms with E-state index in [1.165, 1.54) is 0 Å². The maximum absolute atomic E-state index is 12.2. The van der Waals surface area contributed by atoms with E-state index < -0.39 is 0 Å². The lowest BCUT2D eigenvalue weighted by molar-refractivity contribution is -0.134. The van der Waals surface area contributed by atoms with Crippen molar-refractivity contribution in [2.24, 2.45) is 0 Å². The smallest absolute Gasteiger partial charge is 0.222 e. The molecule has 0 saturated carbocycles. The molecule has 1 amide bonds. The summed E-state index contributed by atoms with van der Waals surface area (Å²) in [7, 11) is 0. The predicted molar refractivity (Wildman–Crippen MR) is 78.4 cm³/mol. The first-order valence-electron chi connectivity index (χ1n) is 7.47. The van der Waals surface area contributed by atoms with Crippen molar-refractivity contribution in [2.75, 3.05) is 13.1 Å². The fourth-order valence-corrected chi connectivity index (χ4v) is 2.58. The van der Waals surface area contributed by atoms with E-state index in [1.54, 1.807) is 6.20 Å². The van der Waals surface area contributed by atoms with Crippen LogP contribution in [-0.2, 0) is 16.0 Å². The van der Waals surface area contributed by atoms with Gasteiger partial charge in [0.05, 0.1) is 12.2 Å². The largest absolute Gasteiger partial charge is 0.375 e. The van der Waals surface area contributed by atoms with Crippen LogP contribution in [0, 0.1) is 0 Å². The first kappa shape index (κ1) is 15.0. The Morgan fingerprint density at radius 1 is 1.45 bits per heavy atom. The highest BCUT2D eigenvalue weighted by atomic mass is 16.5. The average Bonchev–Trinajstić information content (AvgIpc) is 2.46. The van der Waals surface area contributed by atoms with Gasteiger partial charge in [0, 0.05) is 31.9 Å². The molecule has 0 unspecified atom stereocenters. The van der Waals surface area contributed by atoms with Crippen LogP contribution in [0.15, 0.2) is 24.5 Å². The van der Waals surface area contributed by atoms with Crippen LogP contribution in [0.4, 0.5) is 0 Å². The molecule has 2 heterocycles. The van der Waals surface area contributed by atoms with E-state index in [0.29, 0.717) is 12.5 Å². The van der Waals surface area contributed by atoms with Gasteiger partial charge in [-0.15, -0.1) is 0 Å². The number of likely N-dealkylation sites (tertiary alicyclic amines) is 1. The van der Waals surface area contributed by atoms with Crippen LogP contribution in [-0.4, -0.2) is 41.1 Å². The van der Waals surface area contributed by atoms with Gasteiger partial charge in [-0.2, -0.15) is 0 Å². The topological polar surface area (TPSA) is 42.4 Å². The van der Waals surface area contributed by atoms with Crippen LogP contribution in [0.5, 0.6) is 0 Å². The highest BCUT2D eigenvalue weighted by Crippen LogP contribution is 2.16. The van der Waals surface area contributed by atoms with E-state index in [0.717, 1.165) is 37.9 Å². The molecule has 1 aliphatic heterocycles. The van der Waals surface area contributed by atoms with Gasteiger partial charge >= 0.3 is 0 Å². The number of hydrogen-bond donors (Lipinski definition) is 0. The van der Waals surface area contributed by atoms with E-state index in [4.69, 9.17) is 4.74 Å². The van der Waals surface area contributed by atoms with Gasteiger partial charge in [0.2, 0.25) is 5.91 Å². The molecule has 0 aliphatic carbocycles. The molecule has 0 N–H and O–H groups in total. The van der Waals surface area contributed by atoms with Crippen LogP contribution in [0.25, 0.3) is 0 Å². The minimum absolute atomic E-state index is 0.247. The van der Waals surface area contributed by atoms with E-state index in [9.17, 15) is 4.79 Å². The number of ether oxygens (including phenoxy) is 1. The summed E-state index contributed by atoms with van der Waals surface area (Å²) in [5.74, 6) is 0.247. The number of rotatable bonds is 5. The van der Waals surface area contributed by atoms with Crippen molar-refractivity contribution in [1.82, 2.24) is 9.88 Å². The SMILES string of the molecule is CC(C)OC1CCN(C(=O)CCc2cccnc2)CC1. The summed E-state index contributed by atoms with van der Waals surface area (Å²) in [6.07, 6.45) is 7.43. The van der Waals surface area contributed by atoms with Crippen molar-refractivity contribution in [3.05, 3.63) is 30.1 Å². The average molecular weight is 276 g/mol. The Balaban J connectivity index is 1.72. The van der Waals surface area contributed by atoms with Gasteiger partial charge in [-0.25, -0.2) is 0 Å². The number of pyridine rings is 1. The quantitative estimate of drug-likeness (QED) is 0.829. The van der Waals surface area contributed by atoms with Gasteiger partial charge in [-0.3, -0.25) is 9.78 Å². The zero-order valence-electron chi connectivity index (χ0n) is 12.4. The molecule has 1 aromatic rings. The molecule has 110 valence electrons. The third kappa shape index (κ3) is 4.60. The van der Waals surface area contributed by atoms with Crippen LogP contribution in [0.3, 0.4) is 0 Å². The van der Waals surface area contributed by atoms with Crippen molar-refractivity contribution >= 4 is 5.91 Å². The molecule has 0 bridgehead atoms. The Bertz CT molecular complexity index is 412. The number of amides is 1. The minimum Gasteiger partial charge on any atom is -0.375 e. The maximum atomic E-state index is 12.2. The third-order valence-corrected chi connectivity index (χ3v) is 3.61. The molecule has 1 aliphatic rings. The molecule has 0 spiro atoms. The lowest BCUT2D eigenvalue weighted by Gasteiger charge is -2.33. The summed E-state index contributed by atoms with van der Waals surface area (Å²) < 4.78 is 5.80. The summed E-state index contributed by atoms with van der Waals surface area (Å²) in [6.45, 7) is 5.77. The van der Waals surface area contributed by atoms with Gasteiger partial charge < -0.3 is 9.64 Å². The summed E-state index contributed by atoms with van der Waals surface area (Å²) >= 11 is 0. The minimum atomic E-state index is 0.247. The predicted octanol–water partition coefficient (Wildman–Crippen LogP) is 2.43. The second kappa shape index (κ2) is 7.39. The molecule has 4 heteroatoms. The monoisotopic (exact) mass is 276 g/mol. The Morgan fingerprint density at radius 3 is 2.80 bits per heavy atom. The highest BCUT2D eigenvalue weighted by molar-refractivity contribution is 5.76. The van der Waals surface area contributed by atoms with Gasteiger partial charge in [0.1, 0.15) is 0 Å². The summed E-state index contributed by atoms with van der Waals surface area (Å²) in [6, 6.07) is 3.93. The number of hydrogen-bond acceptors (Lipinski definition) is 3. The number of carbonyl (C=O) groups excluding carboxylic acids is 1. The molecule has 0 radical (unpaired) electrons. The number of aromatic nitrogens is 1. The molecular weight excluding hydrogens is 252 g/mol. The second-order valence-electron chi connectivity index (χ2n) is 5.63. The first-order chi connectivity index (χ1) is 9.65. The molecule has 20 heavy (non-hydrogen) atoms. The zero-order chi connectivity index (χ0) is 14.4. The molecule has 0 atom stereocenters. The summed E-state index contributed by atoms with van der Waals surface area (Å²) in [5, 5.41) is 0. The molecule has 1 aromatic heterocycles. The molecular formula is C16H24N2O2. The van der Waals surface area contributed by atoms with E-state index in [1.807, 2.05) is 23.2 Å². The van der Waals surface area contributed by atoms with Gasteiger partial charge in [0.25, 0.3) is 0 Å². The molecule has 1 saturated heterocycles. The fourth-order valence-electron chi connectivity index (χ4n) is 2.58. The number of carbonyl (C=O) groups is 1. The summed E-state index contributed by atoms with van der Waals surface area (Å²) in [4.78, 5) is 18.2. The Morgan fingerprint density at radius 2 is 2.20 bits per heavy atom. The normalized spacial score (nSPS) is 16.6. The number of nitrogens with zero attached hydrogens (tertiary/aromatic N) is 2. The van der Waals surface area contributed by atoms with Gasteiger partial charge in [-0.1, -0.05) is 6.07 Å². The van der Waals surface area contributed by atoms with Crippen LogP contribution in [0.1, 0.15) is 38.7 Å². The highest BCUT2D eigenvalue weighted by Gasteiger charge is 2.23. The van der Waals surface area contributed by atoms with Crippen LogP contribution in [0.2, 0.25) is 0 Å². The van der Waals surface area contributed by atoms with E-state index in [-0.39, 0.29) is 12.0 Å². The lowest BCUT2D eigenvalue weighted by atomic mass is 10.1. The fraction of sp³-hybridized carbons (Fsp3) is 0.625. The van der Waals surface area contributed by atoms with Gasteiger partial charge in [0.15, 0.2) is 0 Å². The second-order valence-corrected chi connectivity index (χ2v) is 5.63. The number of aryl methyl sites for hydroxylation is 1. The van der Waals surface area contributed by atoms with Crippen molar-refractivity contribution < 1.29 is 9.53 Å². The molecule has 1 fully saturated rings. The lowest BCUT2D eigenvalue weighted by Crippen LogP contribution is -2.41. The van der Waals surface area contributed by atoms with Crippen LogP contribution >= 0.6 is 0 Å². The Labute approximate surface area is 121 Å². The maximum Gasteiger partial charge on any atom is 0.222 e. The first-order valence-corrected chi connectivity index (χ1v) is 7.47. The molecule has 4 nitrogen and oxygen atoms in total. The number of piperidine rings is 1. The van der Waals surface area contributed by atoms with Crippen molar-refractivity contribution in [2.45, 2.75) is 51.7 Å². The van der Waals surface area contributed by atoms with E-state index >= 15 is 0 Å². The molecule has 2 rings (SSSR count). The Kier molecular flexibility index (Phi) is 5.53. The molecule has 0 aromatic carbocycles. The van der Waals surface area contributed by atoms with Crippen molar-refractivity contribution in [3.63, 3.8) is 0 Å². The van der Waals surface area contributed by atoms with E-state index in [2.05, 4.69) is 18.8 Å². The summed E-state index contributed by atoms with van der Waals surface area (Å²) in [5.41, 5.74) is 1.12. The van der Waals surface area contributed by atoms with Gasteiger partial charge in [-0.05, 0) is 44.7 Å².